The molecule has 0 saturated carbocycles. The summed E-state index contributed by atoms with van der Waals surface area (Å²) >= 11 is 1.70. The van der Waals surface area contributed by atoms with Gasteiger partial charge in [0.05, 0.1) is 18.8 Å². The second-order valence-corrected chi connectivity index (χ2v) is 10.9. The molecule has 4 unspecified atom stereocenters. The van der Waals surface area contributed by atoms with Crippen LogP contribution in [0.1, 0.15) is 55.4 Å². The molecular formula is C31H37N3O5S. The minimum absolute atomic E-state index is 0.00556. The number of thioether (sulfide) groups is 1. The van der Waals surface area contributed by atoms with Crippen molar-refractivity contribution in [2.45, 2.75) is 57.3 Å². The van der Waals surface area contributed by atoms with Gasteiger partial charge >= 0.3 is 6.03 Å². The normalized spacial score (nSPS) is 20.5. The lowest BCUT2D eigenvalue weighted by atomic mass is 9.91. The van der Waals surface area contributed by atoms with Gasteiger partial charge in [0.15, 0.2) is 6.29 Å². The first-order valence-electron chi connectivity index (χ1n) is 13.5. The number of benzene rings is 3. The molecule has 4 N–H and O–H groups in total. The fourth-order valence-electron chi connectivity index (χ4n) is 4.52. The Labute approximate surface area is 239 Å². The third-order valence-electron chi connectivity index (χ3n) is 6.75. The van der Waals surface area contributed by atoms with Crippen molar-refractivity contribution in [2.24, 2.45) is 5.92 Å². The Morgan fingerprint density at radius 2 is 1.52 bits per heavy atom. The summed E-state index contributed by atoms with van der Waals surface area (Å²) in [6, 6.07) is 23.4. The van der Waals surface area contributed by atoms with Crippen molar-refractivity contribution in [3.63, 3.8) is 0 Å². The summed E-state index contributed by atoms with van der Waals surface area (Å²) in [5.74, 6) is 0.698. The highest BCUT2D eigenvalue weighted by Crippen LogP contribution is 2.43. The van der Waals surface area contributed by atoms with E-state index in [1.807, 2.05) is 79.7 Å². The van der Waals surface area contributed by atoms with Gasteiger partial charge in [-0.25, -0.2) is 4.79 Å². The fourth-order valence-corrected chi connectivity index (χ4v) is 5.59. The van der Waals surface area contributed by atoms with E-state index >= 15 is 0 Å². The number of carbonyl (C=O) groups excluding carboxylic acids is 2. The number of nitrogens with one attached hydrogen (secondary N) is 3. The average Bonchev–Trinajstić information content (AvgIpc) is 2.96. The molecule has 0 aliphatic carbocycles. The van der Waals surface area contributed by atoms with Crippen molar-refractivity contribution in [1.29, 1.82) is 0 Å². The zero-order valence-corrected chi connectivity index (χ0v) is 23.9. The van der Waals surface area contributed by atoms with Gasteiger partial charge in [-0.1, -0.05) is 55.5 Å². The Morgan fingerprint density at radius 3 is 2.15 bits per heavy atom. The molecule has 0 spiro atoms. The van der Waals surface area contributed by atoms with Gasteiger partial charge in [-0.15, -0.1) is 11.8 Å². The molecule has 8 nitrogen and oxygen atoms in total. The maximum absolute atomic E-state index is 11.7. The summed E-state index contributed by atoms with van der Waals surface area (Å²) in [6.45, 7) is 6.51. The first-order valence-corrected chi connectivity index (χ1v) is 14.5. The quantitative estimate of drug-likeness (QED) is 0.241. The van der Waals surface area contributed by atoms with Crippen LogP contribution in [0.3, 0.4) is 0 Å². The molecular weight excluding hydrogens is 526 g/mol. The lowest BCUT2D eigenvalue weighted by Gasteiger charge is -2.41. The molecule has 3 aromatic carbocycles. The van der Waals surface area contributed by atoms with Gasteiger partial charge in [-0.3, -0.25) is 4.79 Å². The lowest BCUT2D eigenvalue weighted by Crippen LogP contribution is -2.38. The molecule has 3 amide bonds. The Kier molecular flexibility index (Phi) is 10.6. The van der Waals surface area contributed by atoms with Crippen LogP contribution in [0.5, 0.6) is 0 Å². The van der Waals surface area contributed by atoms with E-state index in [4.69, 9.17) is 9.47 Å². The zero-order valence-electron chi connectivity index (χ0n) is 23.1. The number of anilines is 1. The lowest BCUT2D eigenvalue weighted by molar-refractivity contribution is -0.268. The molecule has 4 rings (SSSR count). The van der Waals surface area contributed by atoms with Crippen molar-refractivity contribution in [2.75, 3.05) is 17.6 Å². The fraction of sp³-hybridized carbons (Fsp3) is 0.355. The van der Waals surface area contributed by atoms with Crippen LogP contribution in [0, 0.1) is 5.92 Å². The molecule has 1 aliphatic rings. The Bertz CT molecular complexity index is 1250. The smallest absolute Gasteiger partial charge is 0.315 e. The number of aliphatic hydroxyl groups is 1. The second kappa shape index (κ2) is 14.3. The summed E-state index contributed by atoms with van der Waals surface area (Å²) < 4.78 is 13.1. The molecule has 212 valence electrons. The van der Waals surface area contributed by atoms with Crippen LogP contribution >= 0.6 is 11.8 Å². The Morgan fingerprint density at radius 1 is 0.875 bits per heavy atom. The molecule has 1 aliphatic heterocycles. The molecule has 9 heteroatoms. The van der Waals surface area contributed by atoms with E-state index in [2.05, 4.69) is 22.9 Å². The SMILES string of the molecule is CCNC(=O)NCc1ccc(C2OC(CSc3ccc(NC(C)=O)cc3)C(C)C(c3ccc(CO)cc3)O2)cc1. The number of amides is 3. The van der Waals surface area contributed by atoms with Crippen LogP contribution in [-0.4, -0.2) is 35.4 Å². The van der Waals surface area contributed by atoms with E-state index in [-0.39, 0.29) is 36.7 Å². The van der Waals surface area contributed by atoms with E-state index in [1.54, 1.807) is 11.8 Å². The van der Waals surface area contributed by atoms with Crippen LogP contribution in [0.15, 0.2) is 77.7 Å². The summed E-state index contributed by atoms with van der Waals surface area (Å²) in [5, 5.41) is 17.8. The minimum Gasteiger partial charge on any atom is -0.392 e. The van der Waals surface area contributed by atoms with E-state index < -0.39 is 6.29 Å². The third kappa shape index (κ3) is 8.08. The van der Waals surface area contributed by atoms with Gasteiger partial charge in [0.2, 0.25) is 5.91 Å². The van der Waals surface area contributed by atoms with Crippen LogP contribution in [-0.2, 0) is 27.4 Å². The first-order chi connectivity index (χ1) is 19.4. The summed E-state index contributed by atoms with van der Waals surface area (Å²) in [7, 11) is 0. The van der Waals surface area contributed by atoms with Crippen molar-refractivity contribution in [3.05, 3.63) is 95.1 Å². The number of urea groups is 1. The molecule has 3 aromatic rings. The van der Waals surface area contributed by atoms with E-state index in [1.165, 1.54) is 6.92 Å². The van der Waals surface area contributed by atoms with E-state index in [0.29, 0.717) is 13.1 Å². The average molecular weight is 564 g/mol. The number of ether oxygens (including phenoxy) is 2. The number of aliphatic hydroxyl groups excluding tert-OH is 1. The van der Waals surface area contributed by atoms with Crippen LogP contribution in [0.25, 0.3) is 0 Å². The van der Waals surface area contributed by atoms with Gasteiger partial charge in [0, 0.05) is 47.8 Å². The Hall–Kier alpha value is -3.37. The van der Waals surface area contributed by atoms with Crippen LogP contribution in [0.2, 0.25) is 0 Å². The molecule has 0 radical (unpaired) electrons. The highest BCUT2D eigenvalue weighted by atomic mass is 32.2. The van der Waals surface area contributed by atoms with Crippen molar-refractivity contribution in [1.82, 2.24) is 10.6 Å². The number of hydrogen-bond acceptors (Lipinski definition) is 6. The summed E-state index contributed by atoms with van der Waals surface area (Å²) in [6.07, 6.45) is -0.851. The maximum Gasteiger partial charge on any atom is 0.315 e. The molecule has 0 bridgehead atoms. The van der Waals surface area contributed by atoms with Crippen LogP contribution < -0.4 is 16.0 Å². The van der Waals surface area contributed by atoms with E-state index in [9.17, 15) is 14.7 Å². The maximum atomic E-state index is 11.7. The van der Waals surface area contributed by atoms with Gasteiger partial charge in [0.1, 0.15) is 0 Å². The predicted octanol–water partition coefficient (Wildman–Crippen LogP) is 5.54. The molecule has 1 heterocycles. The Balaban J connectivity index is 1.49. The highest BCUT2D eigenvalue weighted by molar-refractivity contribution is 7.99. The zero-order chi connectivity index (χ0) is 28.5. The highest BCUT2D eigenvalue weighted by Gasteiger charge is 2.38. The number of carbonyl (C=O) groups is 2. The molecule has 0 aromatic heterocycles. The molecule has 40 heavy (non-hydrogen) atoms. The minimum atomic E-state index is -0.558. The first kappa shape index (κ1) is 29.6. The van der Waals surface area contributed by atoms with Gasteiger partial charge in [0.25, 0.3) is 0 Å². The van der Waals surface area contributed by atoms with Gasteiger partial charge in [-0.2, -0.15) is 0 Å². The number of rotatable bonds is 10. The summed E-state index contributed by atoms with van der Waals surface area (Å²) in [5.41, 5.74) is 4.54. The van der Waals surface area contributed by atoms with Crippen molar-refractivity contribution >= 4 is 29.4 Å². The molecule has 4 atom stereocenters. The molecule has 1 saturated heterocycles. The monoisotopic (exact) mass is 563 g/mol. The second-order valence-electron chi connectivity index (χ2n) is 9.79. The third-order valence-corrected chi connectivity index (χ3v) is 7.86. The number of hydrogen-bond donors (Lipinski definition) is 4. The van der Waals surface area contributed by atoms with Crippen LogP contribution in [0.4, 0.5) is 10.5 Å². The standard InChI is InChI=1S/C31H37N3O5S/c1-4-32-31(37)33-17-22-5-11-25(12-6-22)30-38-28(19-40-27-15-13-26(14-16-27)34-21(3)36)20(2)29(39-30)24-9-7-23(18-35)8-10-24/h5-16,20,28-30,35H,4,17-19H2,1-3H3,(H,34,36)(H2,32,33,37). The predicted molar refractivity (Wildman–Crippen MR) is 157 cm³/mol. The van der Waals surface area contributed by atoms with Gasteiger partial charge < -0.3 is 30.5 Å². The van der Waals surface area contributed by atoms with Gasteiger partial charge in [-0.05, 0) is 47.9 Å². The largest absolute Gasteiger partial charge is 0.392 e. The van der Waals surface area contributed by atoms with Crippen molar-refractivity contribution in [3.8, 4) is 0 Å². The summed E-state index contributed by atoms with van der Waals surface area (Å²) in [4.78, 5) is 24.1. The van der Waals surface area contributed by atoms with Crippen molar-refractivity contribution < 1.29 is 24.2 Å². The topological polar surface area (TPSA) is 109 Å². The molecule has 1 fully saturated rings. The van der Waals surface area contributed by atoms with E-state index in [0.717, 1.165) is 38.6 Å².